The predicted molar refractivity (Wildman–Crippen MR) is 75.5 cm³/mol. The molecular weight excluding hydrogens is 313 g/mol. The van der Waals surface area contributed by atoms with Crippen molar-refractivity contribution >= 4 is 17.1 Å². The topological polar surface area (TPSA) is 160 Å². The Hall–Kier alpha value is -2.52. The van der Waals surface area contributed by atoms with Crippen molar-refractivity contribution in [1.82, 2.24) is 19.5 Å². The number of nitrogen functional groups attached to an aromatic ring is 1. The highest BCUT2D eigenvalue weighted by molar-refractivity contribution is 5.70. The lowest BCUT2D eigenvalue weighted by Gasteiger charge is -2.30. The molecule has 10 nitrogen and oxygen atoms in total. The van der Waals surface area contributed by atoms with Crippen LogP contribution in [0, 0.1) is 12.3 Å². The van der Waals surface area contributed by atoms with Crippen molar-refractivity contribution in [3.63, 3.8) is 0 Å². The molecule has 0 aromatic carbocycles. The maximum atomic E-state index is 14.4. The third-order valence-corrected chi connectivity index (χ3v) is 3.03. The summed E-state index contributed by atoms with van der Waals surface area (Å²) in [6.07, 6.45) is 2.41. The van der Waals surface area contributed by atoms with Crippen molar-refractivity contribution in [3.05, 3.63) is 16.7 Å². The Kier molecular flexibility index (Phi) is 4.62. The highest BCUT2D eigenvalue weighted by atomic mass is 19.2. The van der Waals surface area contributed by atoms with Gasteiger partial charge in [-0.3, -0.25) is 14.3 Å². The fraction of sp³-hybridized carbons (Fsp3) is 0.417. The van der Waals surface area contributed by atoms with E-state index >= 15 is 0 Å². The highest BCUT2D eigenvalue weighted by Gasteiger charge is 2.41. The van der Waals surface area contributed by atoms with Crippen molar-refractivity contribution in [3.8, 4) is 12.3 Å². The normalized spacial score (nSPS) is 16.7. The molecule has 0 saturated heterocycles. The van der Waals surface area contributed by atoms with Crippen LogP contribution < -0.4 is 11.3 Å². The quantitative estimate of drug-likeness (QED) is 0.376. The summed E-state index contributed by atoms with van der Waals surface area (Å²) in [4.78, 5) is 21.5. The van der Waals surface area contributed by atoms with Gasteiger partial charge in [0.2, 0.25) is 5.95 Å². The van der Waals surface area contributed by atoms with E-state index in [1.807, 2.05) is 0 Å². The minimum Gasteiger partial charge on any atom is -0.392 e. The zero-order valence-electron chi connectivity index (χ0n) is 11.7. The number of fused-ring (bicyclic) bond motifs is 1. The van der Waals surface area contributed by atoms with Crippen molar-refractivity contribution in [2.75, 3.05) is 18.9 Å². The molecule has 2 heterocycles. The van der Waals surface area contributed by atoms with E-state index < -0.39 is 37.0 Å². The number of ether oxygens (including phenoxy) is 1. The minimum absolute atomic E-state index is 0.0826. The van der Waals surface area contributed by atoms with Crippen molar-refractivity contribution in [2.45, 2.75) is 18.2 Å². The summed E-state index contributed by atoms with van der Waals surface area (Å²) in [6, 6.07) is 0. The van der Waals surface area contributed by atoms with Gasteiger partial charge in [-0.1, -0.05) is 5.92 Å². The van der Waals surface area contributed by atoms with Crippen LogP contribution in [0.5, 0.6) is 0 Å². The van der Waals surface area contributed by atoms with Crippen molar-refractivity contribution in [2.24, 2.45) is 0 Å². The van der Waals surface area contributed by atoms with Gasteiger partial charge in [0.15, 0.2) is 23.5 Å². The van der Waals surface area contributed by atoms with Crippen molar-refractivity contribution in [1.29, 1.82) is 0 Å². The molecule has 0 spiro atoms. The van der Waals surface area contributed by atoms with Crippen molar-refractivity contribution < 1.29 is 24.4 Å². The average Bonchev–Trinajstić information content (AvgIpc) is 2.95. The van der Waals surface area contributed by atoms with Crippen LogP contribution in [0.15, 0.2) is 11.1 Å². The van der Waals surface area contributed by atoms with Crippen LogP contribution in [0.4, 0.5) is 10.3 Å². The van der Waals surface area contributed by atoms with Crippen LogP contribution in [0.3, 0.4) is 0 Å². The zero-order valence-corrected chi connectivity index (χ0v) is 11.7. The average molecular weight is 327 g/mol. The van der Waals surface area contributed by atoms with E-state index in [0.717, 1.165) is 10.9 Å². The molecule has 0 aliphatic rings. The number of hydrogen-bond acceptors (Lipinski definition) is 8. The van der Waals surface area contributed by atoms with Gasteiger partial charge in [-0.25, -0.2) is 9.37 Å². The first kappa shape index (κ1) is 16.8. The Morgan fingerprint density at radius 1 is 1.61 bits per heavy atom. The lowest BCUT2D eigenvalue weighted by atomic mass is 10.2. The largest absolute Gasteiger partial charge is 0.392 e. The van der Waals surface area contributed by atoms with Gasteiger partial charge in [-0.05, 0) is 0 Å². The summed E-state index contributed by atoms with van der Waals surface area (Å²) in [5, 5.41) is 27.9. The lowest BCUT2D eigenvalue weighted by molar-refractivity contribution is -0.257. The fourth-order valence-electron chi connectivity index (χ4n) is 1.87. The molecule has 11 heteroatoms. The van der Waals surface area contributed by atoms with Gasteiger partial charge in [-0.15, -0.1) is 6.42 Å². The minimum atomic E-state index is -3.04. The number of aliphatic hydroxyl groups excluding tert-OH is 3. The van der Waals surface area contributed by atoms with E-state index in [1.54, 1.807) is 5.92 Å². The predicted octanol–water partition coefficient (Wildman–Crippen LogP) is -2.14. The third-order valence-electron chi connectivity index (χ3n) is 3.03. The molecule has 23 heavy (non-hydrogen) atoms. The Morgan fingerprint density at radius 3 is 2.87 bits per heavy atom. The molecule has 0 radical (unpaired) electrons. The third kappa shape index (κ3) is 3.01. The zero-order chi connectivity index (χ0) is 17.2. The number of aliphatic hydroxyl groups is 3. The fourth-order valence-corrected chi connectivity index (χ4v) is 1.87. The molecule has 0 amide bonds. The van der Waals surface area contributed by atoms with Gasteiger partial charge in [0.1, 0.15) is 6.61 Å². The number of nitrogens with zero attached hydrogens (tertiary/aromatic N) is 3. The summed E-state index contributed by atoms with van der Waals surface area (Å²) in [7, 11) is 0. The number of rotatable bonds is 6. The van der Waals surface area contributed by atoms with Crippen LogP contribution in [0.1, 0.15) is 6.23 Å². The maximum Gasteiger partial charge on any atom is 0.280 e. The number of aromatic amines is 1. The molecule has 124 valence electrons. The highest BCUT2D eigenvalue weighted by Crippen LogP contribution is 2.26. The van der Waals surface area contributed by atoms with Crippen LogP contribution in [0.25, 0.3) is 11.2 Å². The van der Waals surface area contributed by atoms with Gasteiger partial charge in [0, 0.05) is 0 Å². The number of terminal acetylenes is 1. The molecule has 3 atom stereocenters. The van der Waals surface area contributed by atoms with Crippen LogP contribution in [-0.2, 0) is 4.74 Å². The number of nitrogens with two attached hydrogens (primary N) is 1. The molecular formula is C12H14FN5O5. The SMILES string of the molecule is C#C[C@H](O)[C@@](F)(CO)OC(CO)n1cnc2c(=O)[nH]c(N)nc21. The molecule has 2 rings (SSSR count). The first-order valence-electron chi connectivity index (χ1n) is 6.31. The Morgan fingerprint density at radius 2 is 2.30 bits per heavy atom. The van der Waals surface area contributed by atoms with Gasteiger partial charge >= 0.3 is 0 Å². The summed E-state index contributed by atoms with van der Waals surface area (Å²) in [6.45, 7) is -2.06. The summed E-state index contributed by atoms with van der Waals surface area (Å²) < 4.78 is 20.3. The second-order valence-corrected chi connectivity index (χ2v) is 4.54. The molecule has 0 saturated carbocycles. The first-order valence-corrected chi connectivity index (χ1v) is 6.31. The van der Waals surface area contributed by atoms with Crippen LogP contribution in [0.2, 0.25) is 0 Å². The second kappa shape index (κ2) is 6.31. The standard InChI is InChI=1S/C12H14FN5O5/c1-2-6(21)12(13,4-20)23-7(3-19)18-5-15-8-9(18)16-11(14)17-10(8)22/h1,5-7,19-21H,3-4H2,(H3,14,16,17,22)/t6-,7?,12+/m0/s1. The van der Waals surface area contributed by atoms with Gasteiger partial charge < -0.3 is 25.8 Å². The molecule has 0 aliphatic carbocycles. The van der Waals surface area contributed by atoms with Crippen LogP contribution in [-0.4, -0.2) is 60.0 Å². The maximum absolute atomic E-state index is 14.4. The molecule has 2 aromatic rings. The van der Waals surface area contributed by atoms with E-state index in [9.17, 15) is 19.4 Å². The smallest absolute Gasteiger partial charge is 0.280 e. The van der Waals surface area contributed by atoms with E-state index in [2.05, 4.69) is 15.0 Å². The Labute approximate surface area is 128 Å². The Bertz CT molecular complexity index is 799. The summed E-state index contributed by atoms with van der Waals surface area (Å²) in [5.74, 6) is -1.58. The van der Waals surface area contributed by atoms with E-state index in [-0.39, 0.29) is 17.1 Å². The molecule has 2 aromatic heterocycles. The lowest BCUT2D eigenvalue weighted by Crippen LogP contribution is -2.45. The number of nitrogens with one attached hydrogen (secondary N) is 1. The monoisotopic (exact) mass is 327 g/mol. The molecule has 0 aliphatic heterocycles. The number of imidazole rings is 1. The Balaban J connectivity index is 2.47. The van der Waals surface area contributed by atoms with E-state index in [0.29, 0.717) is 0 Å². The summed E-state index contributed by atoms with van der Waals surface area (Å²) in [5.41, 5.74) is 4.59. The molecule has 0 bridgehead atoms. The number of aromatic nitrogens is 4. The number of H-pyrrole nitrogens is 1. The number of hydrogen-bond donors (Lipinski definition) is 5. The van der Waals surface area contributed by atoms with E-state index in [1.165, 1.54) is 0 Å². The second-order valence-electron chi connectivity index (χ2n) is 4.54. The number of halogens is 1. The number of anilines is 1. The summed E-state index contributed by atoms with van der Waals surface area (Å²) >= 11 is 0. The first-order chi connectivity index (χ1) is 10.9. The van der Waals surface area contributed by atoms with Crippen LogP contribution >= 0.6 is 0 Å². The van der Waals surface area contributed by atoms with Gasteiger partial charge in [0.25, 0.3) is 11.4 Å². The molecule has 0 fully saturated rings. The molecule has 6 N–H and O–H groups in total. The van der Waals surface area contributed by atoms with Gasteiger partial charge in [0.05, 0.1) is 12.9 Å². The number of alkyl halides is 1. The molecule has 1 unspecified atom stereocenters. The van der Waals surface area contributed by atoms with Gasteiger partial charge in [-0.2, -0.15) is 4.98 Å². The van der Waals surface area contributed by atoms with E-state index in [4.69, 9.17) is 22.0 Å².